The zero-order valence-electron chi connectivity index (χ0n) is 14.7. The van der Waals surface area contributed by atoms with Gasteiger partial charge in [-0.1, -0.05) is 42.1 Å². The van der Waals surface area contributed by atoms with Gasteiger partial charge < -0.3 is 10.3 Å². The van der Waals surface area contributed by atoms with Crippen LogP contribution >= 0.6 is 11.8 Å². The molecule has 138 valence electrons. The lowest BCUT2D eigenvalue weighted by Gasteiger charge is -2.12. The van der Waals surface area contributed by atoms with E-state index in [4.69, 9.17) is 0 Å². The molecule has 26 heavy (non-hydrogen) atoms. The van der Waals surface area contributed by atoms with Crippen LogP contribution in [0.3, 0.4) is 0 Å². The number of aromatic amines is 1. The van der Waals surface area contributed by atoms with Gasteiger partial charge in [-0.2, -0.15) is 0 Å². The van der Waals surface area contributed by atoms with Crippen molar-refractivity contribution in [2.45, 2.75) is 43.3 Å². The maximum atomic E-state index is 12.4. The lowest BCUT2D eigenvalue weighted by Crippen LogP contribution is -2.44. The fourth-order valence-corrected chi connectivity index (χ4v) is 3.63. The van der Waals surface area contributed by atoms with Crippen molar-refractivity contribution in [1.29, 1.82) is 0 Å². The van der Waals surface area contributed by atoms with Gasteiger partial charge in [-0.25, -0.2) is 10.4 Å². The van der Waals surface area contributed by atoms with Gasteiger partial charge >= 0.3 is 0 Å². The number of hydrazine groups is 1. The molecular weight excluding hydrogens is 350 g/mol. The van der Waals surface area contributed by atoms with Crippen molar-refractivity contribution in [2.24, 2.45) is 0 Å². The summed E-state index contributed by atoms with van der Waals surface area (Å²) in [5.74, 6) is 0.667. The Hall–Kier alpha value is -2.16. The van der Waals surface area contributed by atoms with Gasteiger partial charge in [0.15, 0.2) is 5.16 Å². The van der Waals surface area contributed by atoms with Gasteiger partial charge in [-0.05, 0) is 25.3 Å². The van der Waals surface area contributed by atoms with Crippen LogP contribution in [0, 0.1) is 6.92 Å². The summed E-state index contributed by atoms with van der Waals surface area (Å²) in [5.41, 5.74) is 8.20. The predicted octanol–water partition coefficient (Wildman–Crippen LogP) is 1.24. The fourth-order valence-electron chi connectivity index (χ4n) is 2.77. The van der Waals surface area contributed by atoms with E-state index in [2.05, 4.69) is 26.1 Å². The molecule has 1 atom stereocenters. The number of hydrogen-bond donors (Lipinski definition) is 4. The summed E-state index contributed by atoms with van der Waals surface area (Å²) in [6, 6.07) is 10.0. The Morgan fingerprint density at radius 2 is 2.15 bits per heavy atom. The largest absolute Gasteiger partial charge is 0.340 e. The quantitative estimate of drug-likeness (QED) is 0.431. The third kappa shape index (κ3) is 5.17. The van der Waals surface area contributed by atoms with Crippen LogP contribution in [0.2, 0.25) is 0 Å². The molecule has 2 aromatic rings. The van der Waals surface area contributed by atoms with Gasteiger partial charge in [0.05, 0.1) is 6.17 Å². The number of hydrogen-bond acceptors (Lipinski definition) is 6. The van der Waals surface area contributed by atoms with Crippen LogP contribution < -0.4 is 21.7 Å². The highest BCUT2D eigenvalue weighted by atomic mass is 32.2. The molecular formula is C18H23N5O2S. The van der Waals surface area contributed by atoms with Crippen LogP contribution in [-0.2, 0) is 17.0 Å². The zero-order valence-corrected chi connectivity index (χ0v) is 15.5. The van der Waals surface area contributed by atoms with Crippen LogP contribution in [-0.4, -0.2) is 28.6 Å². The first-order valence-electron chi connectivity index (χ1n) is 8.66. The Morgan fingerprint density at radius 1 is 1.35 bits per heavy atom. The van der Waals surface area contributed by atoms with E-state index in [1.54, 1.807) is 0 Å². The Balaban J connectivity index is 1.56. The molecule has 1 aromatic carbocycles. The Bertz CT molecular complexity index is 803. The molecule has 0 aliphatic carbocycles. The van der Waals surface area contributed by atoms with Crippen LogP contribution in [0.4, 0.5) is 0 Å². The first-order chi connectivity index (χ1) is 12.6. The van der Waals surface area contributed by atoms with Crippen LogP contribution in [0.15, 0.2) is 40.3 Å². The molecule has 1 amide bonds. The number of nitrogens with zero attached hydrogens (tertiary/aromatic N) is 1. The smallest absolute Gasteiger partial charge is 0.254 e. The predicted molar refractivity (Wildman–Crippen MR) is 102 cm³/mol. The number of amides is 1. The average molecular weight is 373 g/mol. The molecule has 3 rings (SSSR count). The first kappa shape index (κ1) is 18.6. The number of carbonyl (C=O) groups excluding carboxylic acids is 1. The lowest BCUT2D eigenvalue weighted by molar-refractivity contribution is -0.121. The third-order valence-electron chi connectivity index (χ3n) is 4.19. The normalized spacial score (nSPS) is 16.6. The number of aryl methyl sites for hydroxylation is 1. The van der Waals surface area contributed by atoms with Gasteiger partial charge in [0.25, 0.3) is 5.56 Å². The summed E-state index contributed by atoms with van der Waals surface area (Å²) >= 11 is 1.50. The third-order valence-corrected chi connectivity index (χ3v) is 5.13. The van der Waals surface area contributed by atoms with Crippen LogP contribution in [0.25, 0.3) is 0 Å². The van der Waals surface area contributed by atoms with E-state index >= 15 is 0 Å². The van der Waals surface area contributed by atoms with Gasteiger partial charge in [0, 0.05) is 30.0 Å². The maximum absolute atomic E-state index is 12.4. The van der Waals surface area contributed by atoms with Gasteiger partial charge in [0.1, 0.15) is 0 Å². The maximum Gasteiger partial charge on any atom is 0.254 e. The topological polar surface area (TPSA) is 98.9 Å². The molecule has 1 unspecified atom stereocenters. The van der Waals surface area contributed by atoms with Gasteiger partial charge in [-0.15, -0.1) is 0 Å². The van der Waals surface area contributed by atoms with E-state index in [0.29, 0.717) is 22.8 Å². The van der Waals surface area contributed by atoms with E-state index in [-0.39, 0.29) is 24.1 Å². The highest BCUT2D eigenvalue weighted by molar-refractivity contribution is 7.98. The van der Waals surface area contributed by atoms with E-state index < -0.39 is 0 Å². The molecule has 1 aromatic heterocycles. The summed E-state index contributed by atoms with van der Waals surface area (Å²) in [6.07, 6.45) is 1.45. The van der Waals surface area contributed by atoms with Crippen molar-refractivity contribution >= 4 is 17.7 Å². The Morgan fingerprint density at radius 3 is 2.85 bits per heavy atom. The number of H-pyrrole nitrogens is 1. The van der Waals surface area contributed by atoms with Crippen LogP contribution in [0.1, 0.15) is 29.7 Å². The zero-order chi connectivity index (χ0) is 18.4. The van der Waals surface area contributed by atoms with Gasteiger partial charge in [0.2, 0.25) is 5.91 Å². The minimum Gasteiger partial charge on any atom is -0.340 e. The summed E-state index contributed by atoms with van der Waals surface area (Å²) in [4.78, 5) is 31.7. The number of benzene rings is 1. The molecule has 1 aliphatic rings. The second kappa shape index (κ2) is 8.98. The molecule has 2 heterocycles. The fraction of sp³-hybridized carbons (Fsp3) is 0.389. The highest BCUT2D eigenvalue weighted by Crippen LogP contribution is 2.19. The van der Waals surface area contributed by atoms with E-state index in [1.165, 1.54) is 17.3 Å². The Kier molecular flexibility index (Phi) is 6.43. The average Bonchev–Trinajstić information content (AvgIpc) is 3.13. The lowest BCUT2D eigenvalue weighted by atomic mass is 10.1. The van der Waals surface area contributed by atoms with E-state index in [0.717, 1.165) is 18.7 Å². The van der Waals surface area contributed by atoms with Crippen molar-refractivity contribution < 1.29 is 4.79 Å². The van der Waals surface area contributed by atoms with Crippen molar-refractivity contribution in [3.8, 4) is 0 Å². The highest BCUT2D eigenvalue weighted by Gasteiger charge is 2.17. The molecule has 0 saturated carbocycles. The summed E-state index contributed by atoms with van der Waals surface area (Å²) < 4.78 is 0. The monoisotopic (exact) mass is 373 g/mol. The molecule has 0 spiro atoms. The minimum atomic E-state index is -0.165. The molecule has 4 N–H and O–H groups in total. The Labute approximate surface area is 156 Å². The van der Waals surface area contributed by atoms with Crippen molar-refractivity contribution in [3.05, 3.63) is 57.5 Å². The van der Waals surface area contributed by atoms with E-state index in [1.807, 2.05) is 37.3 Å². The second-order valence-corrected chi connectivity index (χ2v) is 7.15. The summed E-state index contributed by atoms with van der Waals surface area (Å²) in [5, 5.41) is 3.49. The number of nitrogens with one attached hydrogen (secondary N) is 4. The van der Waals surface area contributed by atoms with Crippen molar-refractivity contribution in [2.75, 3.05) is 6.54 Å². The van der Waals surface area contributed by atoms with Gasteiger partial charge in [-0.3, -0.25) is 15.0 Å². The summed E-state index contributed by atoms with van der Waals surface area (Å²) in [6.45, 7) is 2.65. The summed E-state index contributed by atoms with van der Waals surface area (Å²) in [7, 11) is 0. The molecule has 8 heteroatoms. The molecule has 0 radical (unpaired) electrons. The van der Waals surface area contributed by atoms with Crippen molar-refractivity contribution in [1.82, 2.24) is 26.1 Å². The standard InChI is InChI=1S/C18H23N5O2S/c1-12-14(7-8-16(24)21-15-9-10-19-23-15)17(25)22-18(20-12)26-11-13-5-3-2-4-6-13/h2-6,15,19,23H,7-11H2,1H3,(H,21,24)(H,20,22,25). The molecule has 0 bridgehead atoms. The number of rotatable bonds is 7. The minimum absolute atomic E-state index is 0.0447. The molecule has 1 saturated heterocycles. The molecule has 1 fully saturated rings. The number of aromatic nitrogens is 2. The second-order valence-electron chi connectivity index (χ2n) is 6.19. The van der Waals surface area contributed by atoms with Crippen LogP contribution in [0.5, 0.6) is 0 Å². The number of thioether (sulfide) groups is 1. The molecule has 1 aliphatic heterocycles. The first-order valence-corrected chi connectivity index (χ1v) is 9.64. The SMILES string of the molecule is Cc1nc(SCc2ccccc2)[nH]c(=O)c1CCC(=O)NC1CCNN1. The van der Waals surface area contributed by atoms with Crippen molar-refractivity contribution in [3.63, 3.8) is 0 Å². The number of carbonyl (C=O) groups is 1. The molecule has 7 nitrogen and oxygen atoms in total. The van der Waals surface area contributed by atoms with E-state index in [9.17, 15) is 9.59 Å².